The smallest absolute Gasteiger partial charge is 0.252 e. The number of nitrogens with one attached hydrogen (secondary N) is 2. The molecule has 0 aromatic carbocycles. The maximum absolute atomic E-state index is 11.6. The number of H-pyrrole nitrogens is 1. The lowest BCUT2D eigenvalue weighted by atomic mass is 10.2. The number of halogens is 1. The molecule has 1 aromatic rings. The number of hydrogen-bond acceptors (Lipinski definition) is 2. The highest BCUT2D eigenvalue weighted by atomic mass is 79.9. The van der Waals surface area contributed by atoms with Gasteiger partial charge in [0.2, 0.25) is 5.56 Å². The highest BCUT2D eigenvalue weighted by Gasteiger charge is 2.07. The van der Waals surface area contributed by atoms with Crippen LogP contribution in [-0.2, 0) is 0 Å². The zero-order chi connectivity index (χ0) is 12.0. The Hall–Kier alpha value is -1.10. The Morgan fingerprint density at radius 2 is 2.31 bits per heavy atom. The highest BCUT2D eigenvalue weighted by molar-refractivity contribution is 9.09. The van der Waals surface area contributed by atoms with Crippen LogP contribution in [0.5, 0.6) is 0 Å². The van der Waals surface area contributed by atoms with E-state index in [0.717, 1.165) is 12.8 Å². The first-order valence-electron chi connectivity index (χ1n) is 5.24. The van der Waals surface area contributed by atoms with Crippen LogP contribution in [0.1, 0.15) is 30.1 Å². The van der Waals surface area contributed by atoms with Crippen molar-refractivity contribution in [3.05, 3.63) is 34.2 Å². The van der Waals surface area contributed by atoms with Gasteiger partial charge in [0.05, 0.1) is 5.56 Å². The van der Waals surface area contributed by atoms with Crippen LogP contribution in [0.4, 0.5) is 0 Å². The van der Waals surface area contributed by atoms with Crippen molar-refractivity contribution in [1.82, 2.24) is 10.3 Å². The monoisotopic (exact) mass is 286 g/mol. The molecule has 0 saturated carbocycles. The predicted octanol–water partition coefficient (Wildman–Crippen LogP) is 1.67. The number of aromatic nitrogens is 1. The summed E-state index contributed by atoms with van der Waals surface area (Å²) in [4.78, 5) is 25.2. The largest absolute Gasteiger partial charge is 0.351 e. The molecular weight excluding hydrogens is 272 g/mol. The normalized spacial score (nSPS) is 12.1. The van der Waals surface area contributed by atoms with Crippen LogP contribution in [0.15, 0.2) is 23.1 Å². The lowest BCUT2D eigenvalue weighted by Gasteiger charge is -2.09. The van der Waals surface area contributed by atoms with Gasteiger partial charge in [0.1, 0.15) is 0 Å². The Kier molecular flexibility index (Phi) is 5.25. The van der Waals surface area contributed by atoms with E-state index in [0.29, 0.717) is 16.9 Å². The average Bonchev–Trinajstić information content (AvgIpc) is 2.27. The SMILES string of the molecule is CCCC(Br)CNC(=O)c1ccc(=O)[nH]c1. The molecule has 1 heterocycles. The van der Waals surface area contributed by atoms with E-state index in [1.807, 2.05) is 0 Å². The molecule has 88 valence electrons. The summed E-state index contributed by atoms with van der Waals surface area (Å²) in [6, 6.07) is 2.85. The number of amides is 1. The second kappa shape index (κ2) is 6.48. The number of carbonyl (C=O) groups excluding carboxylic acids is 1. The van der Waals surface area contributed by atoms with Crippen LogP contribution in [0.3, 0.4) is 0 Å². The Balaban J connectivity index is 2.46. The summed E-state index contributed by atoms with van der Waals surface area (Å²) in [6.45, 7) is 2.68. The van der Waals surface area contributed by atoms with E-state index in [1.165, 1.54) is 18.3 Å². The van der Waals surface area contributed by atoms with Crippen molar-refractivity contribution >= 4 is 21.8 Å². The molecule has 0 saturated heterocycles. The van der Waals surface area contributed by atoms with E-state index in [9.17, 15) is 9.59 Å². The number of aromatic amines is 1. The van der Waals surface area contributed by atoms with Crippen LogP contribution in [0, 0.1) is 0 Å². The van der Waals surface area contributed by atoms with Crippen LogP contribution in [0.25, 0.3) is 0 Å². The Bertz CT molecular complexity index is 383. The van der Waals surface area contributed by atoms with Gasteiger partial charge < -0.3 is 10.3 Å². The molecule has 5 heteroatoms. The van der Waals surface area contributed by atoms with E-state index >= 15 is 0 Å². The molecule has 2 N–H and O–H groups in total. The van der Waals surface area contributed by atoms with Crippen molar-refractivity contribution in [1.29, 1.82) is 0 Å². The van der Waals surface area contributed by atoms with Gasteiger partial charge >= 0.3 is 0 Å². The molecule has 0 aliphatic heterocycles. The molecule has 1 atom stereocenters. The lowest BCUT2D eigenvalue weighted by Crippen LogP contribution is -2.29. The summed E-state index contributed by atoms with van der Waals surface area (Å²) in [7, 11) is 0. The molecule has 0 radical (unpaired) electrons. The Labute approximate surface area is 103 Å². The summed E-state index contributed by atoms with van der Waals surface area (Å²) in [5.41, 5.74) is 0.261. The molecule has 0 bridgehead atoms. The molecule has 1 unspecified atom stereocenters. The van der Waals surface area contributed by atoms with Gasteiger partial charge in [-0.15, -0.1) is 0 Å². The second-order valence-electron chi connectivity index (χ2n) is 3.54. The van der Waals surface area contributed by atoms with Crippen molar-refractivity contribution in [2.75, 3.05) is 6.54 Å². The third-order valence-electron chi connectivity index (χ3n) is 2.13. The lowest BCUT2D eigenvalue weighted by molar-refractivity contribution is 0.0953. The van der Waals surface area contributed by atoms with Crippen molar-refractivity contribution in [2.45, 2.75) is 24.6 Å². The van der Waals surface area contributed by atoms with Gasteiger partial charge in [-0.1, -0.05) is 29.3 Å². The number of hydrogen-bond donors (Lipinski definition) is 2. The van der Waals surface area contributed by atoms with Gasteiger partial charge in [0, 0.05) is 23.6 Å². The minimum atomic E-state index is -0.207. The second-order valence-corrected chi connectivity index (χ2v) is 4.83. The number of carbonyl (C=O) groups is 1. The van der Waals surface area contributed by atoms with Gasteiger partial charge in [-0.2, -0.15) is 0 Å². The van der Waals surface area contributed by atoms with Gasteiger partial charge in [-0.3, -0.25) is 9.59 Å². The fourth-order valence-corrected chi connectivity index (χ4v) is 1.89. The van der Waals surface area contributed by atoms with Crippen molar-refractivity contribution < 1.29 is 4.79 Å². The zero-order valence-corrected chi connectivity index (χ0v) is 10.7. The molecule has 16 heavy (non-hydrogen) atoms. The zero-order valence-electron chi connectivity index (χ0n) is 9.13. The maximum atomic E-state index is 11.6. The topological polar surface area (TPSA) is 62.0 Å². The quantitative estimate of drug-likeness (QED) is 0.809. The summed E-state index contributed by atoms with van der Waals surface area (Å²) < 4.78 is 0. The molecule has 0 aliphatic rings. The molecule has 1 amide bonds. The Morgan fingerprint density at radius 3 is 2.88 bits per heavy atom. The molecule has 1 aromatic heterocycles. The van der Waals surface area contributed by atoms with E-state index < -0.39 is 0 Å². The van der Waals surface area contributed by atoms with Crippen LogP contribution < -0.4 is 10.9 Å². The summed E-state index contributed by atoms with van der Waals surface area (Å²) in [6.07, 6.45) is 3.51. The van der Waals surface area contributed by atoms with E-state index in [1.54, 1.807) is 0 Å². The number of pyridine rings is 1. The van der Waals surface area contributed by atoms with E-state index in [-0.39, 0.29) is 11.5 Å². The first-order valence-corrected chi connectivity index (χ1v) is 6.16. The summed E-state index contributed by atoms with van der Waals surface area (Å²) in [5.74, 6) is -0.170. The van der Waals surface area contributed by atoms with Crippen molar-refractivity contribution in [3.8, 4) is 0 Å². The number of rotatable bonds is 5. The van der Waals surface area contributed by atoms with Gasteiger partial charge in [-0.05, 0) is 12.5 Å². The van der Waals surface area contributed by atoms with Crippen LogP contribution >= 0.6 is 15.9 Å². The van der Waals surface area contributed by atoms with Crippen molar-refractivity contribution in [3.63, 3.8) is 0 Å². The first-order chi connectivity index (χ1) is 7.63. The van der Waals surface area contributed by atoms with E-state index in [2.05, 4.69) is 33.2 Å². The van der Waals surface area contributed by atoms with E-state index in [4.69, 9.17) is 0 Å². The standard InChI is InChI=1S/C11H15BrN2O2/c1-2-3-9(12)7-14-11(16)8-4-5-10(15)13-6-8/h4-6,9H,2-3,7H2,1H3,(H,13,15)(H,14,16). The average molecular weight is 287 g/mol. The van der Waals surface area contributed by atoms with Gasteiger partial charge in [-0.25, -0.2) is 0 Å². The van der Waals surface area contributed by atoms with Gasteiger partial charge in [0.15, 0.2) is 0 Å². The first kappa shape index (κ1) is 13.0. The summed E-state index contributed by atoms with van der Waals surface area (Å²) >= 11 is 3.48. The molecular formula is C11H15BrN2O2. The molecule has 0 spiro atoms. The fourth-order valence-electron chi connectivity index (χ4n) is 1.27. The minimum absolute atomic E-state index is 0.170. The molecule has 4 nitrogen and oxygen atoms in total. The predicted molar refractivity (Wildman–Crippen MR) is 67.0 cm³/mol. The van der Waals surface area contributed by atoms with Crippen LogP contribution in [0.2, 0.25) is 0 Å². The van der Waals surface area contributed by atoms with Crippen molar-refractivity contribution in [2.24, 2.45) is 0 Å². The third kappa shape index (κ3) is 4.18. The summed E-state index contributed by atoms with van der Waals surface area (Å²) in [5, 5.41) is 2.80. The molecule has 0 fully saturated rings. The van der Waals surface area contributed by atoms with Gasteiger partial charge in [0.25, 0.3) is 5.91 Å². The molecule has 1 rings (SSSR count). The molecule has 0 aliphatic carbocycles. The number of alkyl halides is 1. The fraction of sp³-hybridized carbons (Fsp3) is 0.455. The third-order valence-corrected chi connectivity index (χ3v) is 2.91. The Morgan fingerprint density at radius 1 is 1.56 bits per heavy atom. The van der Waals surface area contributed by atoms with Crippen LogP contribution in [-0.4, -0.2) is 22.3 Å². The minimum Gasteiger partial charge on any atom is -0.351 e. The maximum Gasteiger partial charge on any atom is 0.252 e. The highest BCUT2D eigenvalue weighted by Crippen LogP contribution is 2.06.